The molecule has 34 heavy (non-hydrogen) atoms. The maximum atomic E-state index is 13.1. The highest BCUT2D eigenvalue weighted by molar-refractivity contribution is 8.00. The summed E-state index contributed by atoms with van der Waals surface area (Å²) in [4.78, 5) is 17.2. The van der Waals surface area contributed by atoms with Gasteiger partial charge in [0.15, 0.2) is 0 Å². The molecule has 0 amide bonds. The minimum atomic E-state index is -4.41. The molecule has 4 aromatic rings. The van der Waals surface area contributed by atoms with Gasteiger partial charge in [0.1, 0.15) is 12.4 Å². The summed E-state index contributed by atoms with van der Waals surface area (Å²) < 4.78 is 46.1. The summed E-state index contributed by atoms with van der Waals surface area (Å²) >= 11 is -0.247. The minimum Gasteiger partial charge on any atom is -0.493 e. The fraction of sp³-hybridized carbons (Fsp3) is 0.167. The van der Waals surface area contributed by atoms with Gasteiger partial charge in [-0.25, -0.2) is 9.36 Å². The highest BCUT2D eigenvalue weighted by Gasteiger charge is 2.29. The van der Waals surface area contributed by atoms with Gasteiger partial charge in [-0.15, -0.1) is 0 Å². The third-order valence-electron chi connectivity index (χ3n) is 5.13. The molecule has 6 nitrogen and oxygen atoms in total. The van der Waals surface area contributed by atoms with E-state index >= 15 is 0 Å². The van der Waals surface area contributed by atoms with Crippen molar-refractivity contribution in [1.29, 1.82) is 0 Å². The summed E-state index contributed by atoms with van der Waals surface area (Å²) in [5, 5.41) is 10.6. The molecular weight excluding hydrogens is 467 g/mol. The number of hydrogen-bond acceptors (Lipinski definition) is 5. The molecule has 10 heteroatoms. The van der Waals surface area contributed by atoms with Crippen LogP contribution in [0.25, 0.3) is 5.69 Å². The Morgan fingerprint density at radius 2 is 1.76 bits per heavy atom. The van der Waals surface area contributed by atoms with Crippen molar-refractivity contribution in [2.75, 3.05) is 0 Å². The molecule has 0 bridgehead atoms. The molecule has 176 valence electrons. The van der Waals surface area contributed by atoms with E-state index < -0.39 is 11.2 Å². The minimum absolute atomic E-state index is 0.0167. The second kappa shape index (κ2) is 9.68. The van der Waals surface area contributed by atoms with E-state index in [0.717, 1.165) is 10.1 Å². The largest absolute Gasteiger partial charge is 0.493 e. The predicted molar refractivity (Wildman–Crippen MR) is 122 cm³/mol. The van der Waals surface area contributed by atoms with Gasteiger partial charge in [-0.05, 0) is 54.6 Å². The second-order valence-electron chi connectivity index (χ2n) is 7.41. The van der Waals surface area contributed by atoms with E-state index in [1.54, 1.807) is 25.4 Å². The Hall–Kier alpha value is -3.66. The molecule has 0 unspecified atom stereocenters. The van der Waals surface area contributed by atoms with Crippen LogP contribution in [0.3, 0.4) is 0 Å². The number of aromatic nitrogens is 3. The molecule has 0 fully saturated rings. The number of pyridine rings is 1. The Morgan fingerprint density at radius 1 is 1.06 bits per heavy atom. The monoisotopic (exact) mass is 487 g/mol. The first-order valence-corrected chi connectivity index (χ1v) is 11.0. The van der Waals surface area contributed by atoms with Crippen molar-refractivity contribution >= 4 is 11.8 Å². The molecule has 0 radical (unpaired) electrons. The molecule has 0 saturated heterocycles. The second-order valence-corrected chi connectivity index (χ2v) is 8.55. The Labute approximate surface area is 197 Å². The zero-order chi connectivity index (χ0) is 24.3. The van der Waals surface area contributed by atoms with Crippen LogP contribution in [0.4, 0.5) is 13.2 Å². The van der Waals surface area contributed by atoms with E-state index in [1.165, 1.54) is 28.8 Å². The number of imidazole rings is 1. The van der Waals surface area contributed by atoms with Crippen LogP contribution in [0.2, 0.25) is 0 Å². The molecule has 2 aromatic carbocycles. The summed E-state index contributed by atoms with van der Waals surface area (Å²) in [6, 6.07) is 16.5. The van der Waals surface area contributed by atoms with Crippen LogP contribution in [0, 0.1) is 6.92 Å². The number of aromatic hydroxyl groups is 1. The fourth-order valence-corrected chi connectivity index (χ4v) is 3.97. The van der Waals surface area contributed by atoms with Crippen LogP contribution in [0.15, 0.2) is 82.7 Å². The summed E-state index contributed by atoms with van der Waals surface area (Å²) in [6.45, 7) is 2.02. The molecule has 0 atom stereocenters. The zero-order valence-electron chi connectivity index (χ0n) is 18.0. The Balaban J connectivity index is 1.60. The van der Waals surface area contributed by atoms with Gasteiger partial charge >= 0.3 is 11.2 Å². The third kappa shape index (κ3) is 5.28. The van der Waals surface area contributed by atoms with Crippen molar-refractivity contribution in [3.63, 3.8) is 0 Å². The lowest BCUT2D eigenvalue weighted by atomic mass is 10.2. The van der Waals surface area contributed by atoms with Gasteiger partial charge in [-0.2, -0.15) is 13.2 Å². The number of rotatable bonds is 7. The average molecular weight is 488 g/mol. The van der Waals surface area contributed by atoms with E-state index in [4.69, 9.17) is 4.74 Å². The number of nitrogens with zero attached hydrogens (tertiary/aromatic N) is 3. The number of ether oxygens (including phenoxy) is 1. The van der Waals surface area contributed by atoms with Gasteiger partial charge in [0.2, 0.25) is 5.88 Å². The topological polar surface area (TPSA) is 69.3 Å². The number of hydrogen-bond donors (Lipinski definition) is 1. The Morgan fingerprint density at radius 3 is 2.44 bits per heavy atom. The van der Waals surface area contributed by atoms with E-state index in [0.29, 0.717) is 23.6 Å². The smallest absolute Gasteiger partial charge is 0.446 e. The van der Waals surface area contributed by atoms with E-state index in [-0.39, 0.29) is 34.8 Å². The lowest BCUT2D eigenvalue weighted by molar-refractivity contribution is -0.0328. The lowest BCUT2D eigenvalue weighted by Crippen LogP contribution is -2.24. The highest BCUT2D eigenvalue weighted by Crippen LogP contribution is 2.37. The maximum absolute atomic E-state index is 13.1. The SMILES string of the molecule is Cc1c(O)n(-c2ccc(SC(F)(F)F)cc2)c(=O)n1Cc1ccncc1OCc1ccccc1. The number of halogens is 3. The quantitative estimate of drug-likeness (QED) is 0.359. The molecule has 1 N–H and O–H groups in total. The standard InChI is InChI=1S/C24H20F3N3O3S/c1-16-22(31)30(19-7-9-20(10-8-19)34-24(25,26)27)23(32)29(16)14-18-11-12-28-13-21(18)33-15-17-5-3-2-4-6-17/h2-13,31H,14-15H2,1H3. The molecule has 0 saturated carbocycles. The fourth-order valence-electron chi connectivity index (χ4n) is 3.43. The molecule has 2 aromatic heterocycles. The average Bonchev–Trinajstić information content (AvgIpc) is 3.02. The van der Waals surface area contributed by atoms with Crippen LogP contribution >= 0.6 is 11.8 Å². The normalized spacial score (nSPS) is 11.5. The zero-order valence-corrected chi connectivity index (χ0v) is 18.8. The summed E-state index contributed by atoms with van der Waals surface area (Å²) in [5.41, 5.74) is -2.72. The summed E-state index contributed by atoms with van der Waals surface area (Å²) in [5.74, 6) is 0.209. The molecule has 2 heterocycles. The Kier molecular flexibility index (Phi) is 6.69. The first-order valence-electron chi connectivity index (χ1n) is 10.2. The maximum Gasteiger partial charge on any atom is 0.446 e. The number of benzene rings is 2. The Bertz CT molecular complexity index is 1330. The first kappa shape index (κ1) is 23.5. The van der Waals surface area contributed by atoms with E-state index in [1.807, 2.05) is 30.3 Å². The number of thioether (sulfide) groups is 1. The van der Waals surface area contributed by atoms with Crippen LogP contribution in [0.1, 0.15) is 16.8 Å². The number of alkyl halides is 3. The van der Waals surface area contributed by atoms with Crippen molar-refractivity contribution in [3.05, 3.63) is 100 Å². The molecule has 0 aliphatic carbocycles. The van der Waals surface area contributed by atoms with Crippen molar-refractivity contribution in [2.24, 2.45) is 0 Å². The molecular formula is C24H20F3N3O3S. The van der Waals surface area contributed by atoms with Gasteiger partial charge in [-0.3, -0.25) is 9.55 Å². The molecule has 0 spiro atoms. The predicted octanol–water partition coefficient (Wildman–Crippen LogP) is 5.29. The van der Waals surface area contributed by atoms with Gasteiger partial charge in [-0.1, -0.05) is 30.3 Å². The molecule has 0 aliphatic rings. The van der Waals surface area contributed by atoms with E-state index in [9.17, 15) is 23.1 Å². The summed E-state index contributed by atoms with van der Waals surface area (Å²) in [6.07, 6.45) is 3.14. The van der Waals surface area contributed by atoms with Crippen LogP contribution in [-0.4, -0.2) is 24.7 Å². The van der Waals surface area contributed by atoms with Crippen LogP contribution in [0.5, 0.6) is 11.6 Å². The van der Waals surface area contributed by atoms with Gasteiger partial charge in [0.25, 0.3) is 0 Å². The van der Waals surface area contributed by atoms with Gasteiger partial charge < -0.3 is 9.84 Å². The van der Waals surface area contributed by atoms with Crippen molar-refractivity contribution in [1.82, 2.24) is 14.1 Å². The van der Waals surface area contributed by atoms with Crippen molar-refractivity contribution in [3.8, 4) is 17.3 Å². The first-order chi connectivity index (χ1) is 16.2. The highest BCUT2D eigenvalue weighted by atomic mass is 32.2. The molecule has 0 aliphatic heterocycles. The van der Waals surface area contributed by atoms with Crippen molar-refractivity contribution in [2.45, 2.75) is 30.5 Å². The van der Waals surface area contributed by atoms with Gasteiger partial charge in [0, 0.05) is 16.7 Å². The van der Waals surface area contributed by atoms with Crippen LogP contribution in [-0.2, 0) is 13.2 Å². The van der Waals surface area contributed by atoms with E-state index in [2.05, 4.69) is 4.98 Å². The molecule has 4 rings (SSSR count). The van der Waals surface area contributed by atoms with Crippen molar-refractivity contribution < 1.29 is 23.0 Å². The van der Waals surface area contributed by atoms with Crippen LogP contribution < -0.4 is 10.4 Å². The third-order valence-corrected chi connectivity index (χ3v) is 5.87. The lowest BCUT2D eigenvalue weighted by Gasteiger charge is -2.12. The van der Waals surface area contributed by atoms with Gasteiger partial charge in [0.05, 0.1) is 24.1 Å². The summed E-state index contributed by atoms with van der Waals surface area (Å²) in [7, 11) is 0.